The van der Waals surface area contributed by atoms with Crippen molar-refractivity contribution in [3.05, 3.63) is 30.0 Å². The van der Waals surface area contributed by atoms with Gasteiger partial charge in [0.1, 0.15) is 0 Å². The highest BCUT2D eigenvalue weighted by molar-refractivity contribution is 5.82. The third-order valence-electron chi connectivity index (χ3n) is 4.26. The van der Waals surface area contributed by atoms with Crippen molar-refractivity contribution in [3.63, 3.8) is 0 Å². The van der Waals surface area contributed by atoms with Crippen LogP contribution in [0, 0.1) is 0 Å². The first-order valence-electron chi connectivity index (χ1n) is 7.53. The highest BCUT2D eigenvalue weighted by atomic mass is 16.5. The van der Waals surface area contributed by atoms with E-state index in [4.69, 9.17) is 15.6 Å². The summed E-state index contributed by atoms with van der Waals surface area (Å²) in [5.74, 6) is 0. The van der Waals surface area contributed by atoms with Gasteiger partial charge >= 0.3 is 0 Å². The van der Waals surface area contributed by atoms with Gasteiger partial charge in [-0.3, -0.25) is 4.68 Å². The van der Waals surface area contributed by atoms with E-state index in [1.54, 1.807) is 0 Å². The van der Waals surface area contributed by atoms with Crippen LogP contribution < -0.4 is 5.73 Å². The summed E-state index contributed by atoms with van der Waals surface area (Å²) in [6.45, 7) is 4.62. The summed E-state index contributed by atoms with van der Waals surface area (Å²) in [6, 6.07) is 8.43. The SMILES string of the molecule is CCn1nc(CC2(N)CCCOCC2)c2ccccc21. The highest BCUT2D eigenvalue weighted by Crippen LogP contribution is 2.27. The molecule has 1 aliphatic heterocycles. The average Bonchev–Trinajstić information content (AvgIpc) is 2.65. The fraction of sp³-hybridized carbons (Fsp3) is 0.562. The molecule has 20 heavy (non-hydrogen) atoms. The summed E-state index contributed by atoms with van der Waals surface area (Å²) in [5.41, 5.74) is 8.77. The number of fused-ring (bicyclic) bond motifs is 1. The molecule has 1 unspecified atom stereocenters. The van der Waals surface area contributed by atoms with Crippen LogP contribution in [0.15, 0.2) is 24.3 Å². The van der Waals surface area contributed by atoms with Gasteiger partial charge in [-0.05, 0) is 32.3 Å². The van der Waals surface area contributed by atoms with Crippen molar-refractivity contribution in [1.82, 2.24) is 9.78 Å². The molecule has 1 atom stereocenters. The number of benzene rings is 1. The van der Waals surface area contributed by atoms with Gasteiger partial charge in [-0.15, -0.1) is 0 Å². The summed E-state index contributed by atoms with van der Waals surface area (Å²) in [4.78, 5) is 0. The van der Waals surface area contributed by atoms with Crippen LogP contribution in [0.2, 0.25) is 0 Å². The molecule has 1 fully saturated rings. The smallest absolute Gasteiger partial charge is 0.0721 e. The molecular weight excluding hydrogens is 250 g/mol. The summed E-state index contributed by atoms with van der Waals surface area (Å²) in [6.07, 6.45) is 3.81. The van der Waals surface area contributed by atoms with Crippen LogP contribution >= 0.6 is 0 Å². The Morgan fingerprint density at radius 1 is 1.30 bits per heavy atom. The largest absolute Gasteiger partial charge is 0.381 e. The maximum absolute atomic E-state index is 6.60. The van der Waals surface area contributed by atoms with Gasteiger partial charge in [0.25, 0.3) is 0 Å². The molecule has 0 amide bonds. The Balaban J connectivity index is 1.93. The number of nitrogens with zero attached hydrogens (tertiary/aromatic N) is 2. The number of aromatic nitrogens is 2. The summed E-state index contributed by atoms with van der Waals surface area (Å²) >= 11 is 0. The number of hydrogen-bond donors (Lipinski definition) is 1. The number of nitrogens with two attached hydrogens (primary N) is 1. The zero-order valence-corrected chi connectivity index (χ0v) is 12.1. The molecule has 108 valence electrons. The highest BCUT2D eigenvalue weighted by Gasteiger charge is 2.28. The topological polar surface area (TPSA) is 53.1 Å². The Kier molecular flexibility index (Phi) is 3.76. The summed E-state index contributed by atoms with van der Waals surface area (Å²) < 4.78 is 7.61. The predicted octanol–water partition coefficient (Wildman–Crippen LogP) is 2.50. The quantitative estimate of drug-likeness (QED) is 0.934. The minimum Gasteiger partial charge on any atom is -0.381 e. The third-order valence-corrected chi connectivity index (χ3v) is 4.26. The molecular formula is C16H23N3O. The molecule has 0 bridgehead atoms. The molecule has 1 aromatic carbocycles. The lowest BCUT2D eigenvalue weighted by atomic mass is 9.86. The van der Waals surface area contributed by atoms with E-state index >= 15 is 0 Å². The summed E-state index contributed by atoms with van der Waals surface area (Å²) in [5, 5.41) is 6.01. The lowest BCUT2D eigenvalue weighted by Gasteiger charge is -2.26. The lowest BCUT2D eigenvalue weighted by Crippen LogP contribution is -2.42. The van der Waals surface area contributed by atoms with Crippen molar-refractivity contribution < 1.29 is 4.74 Å². The molecule has 2 heterocycles. The van der Waals surface area contributed by atoms with Crippen LogP contribution in [0.3, 0.4) is 0 Å². The Labute approximate surface area is 119 Å². The van der Waals surface area contributed by atoms with Gasteiger partial charge in [0.15, 0.2) is 0 Å². The first kappa shape index (κ1) is 13.6. The van der Waals surface area contributed by atoms with Gasteiger partial charge < -0.3 is 10.5 Å². The average molecular weight is 273 g/mol. The Hall–Kier alpha value is -1.39. The van der Waals surface area contributed by atoms with E-state index < -0.39 is 0 Å². The van der Waals surface area contributed by atoms with E-state index in [0.29, 0.717) is 0 Å². The summed E-state index contributed by atoms with van der Waals surface area (Å²) in [7, 11) is 0. The molecule has 4 nitrogen and oxygen atoms in total. The van der Waals surface area contributed by atoms with E-state index in [1.807, 2.05) is 0 Å². The number of hydrogen-bond acceptors (Lipinski definition) is 3. The van der Waals surface area contributed by atoms with E-state index in [0.717, 1.165) is 51.1 Å². The Morgan fingerprint density at radius 2 is 2.15 bits per heavy atom. The molecule has 3 rings (SSSR count). The fourth-order valence-corrected chi connectivity index (χ4v) is 3.11. The van der Waals surface area contributed by atoms with Gasteiger partial charge in [0, 0.05) is 37.1 Å². The molecule has 1 aromatic heterocycles. The first-order chi connectivity index (χ1) is 9.72. The second kappa shape index (κ2) is 5.54. The molecule has 0 aliphatic carbocycles. The second-order valence-corrected chi connectivity index (χ2v) is 5.78. The molecule has 0 radical (unpaired) electrons. The third kappa shape index (κ3) is 2.58. The zero-order valence-electron chi connectivity index (χ0n) is 12.1. The second-order valence-electron chi connectivity index (χ2n) is 5.78. The standard InChI is InChI=1S/C16H23N3O/c1-2-19-15-7-4-3-6-13(15)14(18-19)12-16(17)8-5-10-20-11-9-16/h3-4,6-7H,2,5,8-12,17H2,1H3. The molecule has 4 heteroatoms. The van der Waals surface area contributed by atoms with E-state index in [-0.39, 0.29) is 5.54 Å². The van der Waals surface area contributed by atoms with Gasteiger partial charge in [-0.25, -0.2) is 0 Å². The minimum absolute atomic E-state index is 0.174. The molecule has 0 saturated carbocycles. The van der Waals surface area contributed by atoms with Crippen molar-refractivity contribution >= 4 is 10.9 Å². The predicted molar refractivity (Wildman–Crippen MR) is 80.7 cm³/mol. The van der Waals surface area contributed by atoms with Gasteiger partial charge in [-0.2, -0.15) is 5.10 Å². The van der Waals surface area contributed by atoms with Crippen molar-refractivity contribution in [3.8, 4) is 0 Å². The van der Waals surface area contributed by atoms with Crippen LogP contribution in [-0.4, -0.2) is 28.5 Å². The molecule has 0 spiro atoms. The number of ether oxygens (including phenoxy) is 1. The Morgan fingerprint density at radius 3 is 3.00 bits per heavy atom. The molecule has 1 aliphatic rings. The van der Waals surface area contributed by atoms with Crippen LogP contribution in [0.1, 0.15) is 31.9 Å². The maximum Gasteiger partial charge on any atom is 0.0721 e. The first-order valence-corrected chi connectivity index (χ1v) is 7.53. The number of aryl methyl sites for hydroxylation is 1. The minimum atomic E-state index is -0.174. The Bertz CT molecular complexity index is 582. The molecule has 2 aromatic rings. The van der Waals surface area contributed by atoms with Crippen molar-refractivity contribution in [1.29, 1.82) is 0 Å². The van der Waals surface area contributed by atoms with Crippen LogP contribution in [0.25, 0.3) is 10.9 Å². The van der Waals surface area contributed by atoms with Gasteiger partial charge in [-0.1, -0.05) is 18.2 Å². The van der Waals surface area contributed by atoms with E-state index in [1.165, 1.54) is 10.9 Å². The zero-order chi connectivity index (χ0) is 14.0. The van der Waals surface area contributed by atoms with E-state index in [9.17, 15) is 0 Å². The maximum atomic E-state index is 6.60. The fourth-order valence-electron chi connectivity index (χ4n) is 3.11. The van der Waals surface area contributed by atoms with Crippen LogP contribution in [-0.2, 0) is 17.7 Å². The van der Waals surface area contributed by atoms with Crippen molar-refractivity contribution in [2.75, 3.05) is 13.2 Å². The normalized spacial score (nSPS) is 23.9. The number of rotatable bonds is 3. The van der Waals surface area contributed by atoms with Crippen molar-refractivity contribution in [2.45, 2.75) is 44.7 Å². The number of para-hydroxylation sites is 1. The van der Waals surface area contributed by atoms with Crippen molar-refractivity contribution in [2.24, 2.45) is 5.73 Å². The molecule has 1 saturated heterocycles. The van der Waals surface area contributed by atoms with Gasteiger partial charge in [0.05, 0.1) is 11.2 Å². The van der Waals surface area contributed by atoms with Gasteiger partial charge in [0.2, 0.25) is 0 Å². The molecule has 2 N–H and O–H groups in total. The monoisotopic (exact) mass is 273 g/mol. The lowest BCUT2D eigenvalue weighted by molar-refractivity contribution is 0.139. The van der Waals surface area contributed by atoms with Crippen LogP contribution in [0.5, 0.6) is 0 Å². The van der Waals surface area contributed by atoms with Crippen LogP contribution in [0.4, 0.5) is 0 Å². The van der Waals surface area contributed by atoms with E-state index in [2.05, 4.69) is 35.9 Å².